The lowest BCUT2D eigenvalue weighted by Crippen LogP contribution is -2.26. The highest BCUT2D eigenvalue weighted by Gasteiger charge is 2.09. The van der Waals surface area contributed by atoms with Crippen LogP contribution in [0.1, 0.15) is 28.8 Å². The number of hydrogen-bond donors (Lipinski definition) is 2. The summed E-state index contributed by atoms with van der Waals surface area (Å²) < 4.78 is 0. The Bertz CT molecular complexity index is 423. The summed E-state index contributed by atoms with van der Waals surface area (Å²) in [5.74, 6) is 0.0540. The van der Waals surface area contributed by atoms with Gasteiger partial charge in [0.15, 0.2) is 0 Å². The molecular formula is C13H18N2OS. The number of hydrogen-bond acceptors (Lipinski definition) is 3. The van der Waals surface area contributed by atoms with Crippen molar-refractivity contribution >= 4 is 17.2 Å². The molecule has 1 amide bonds. The lowest BCUT2D eigenvalue weighted by Gasteiger charge is -2.14. The summed E-state index contributed by atoms with van der Waals surface area (Å²) in [6, 6.07) is 0. The molecule has 0 radical (unpaired) electrons. The quantitative estimate of drug-likeness (QED) is 0.803. The van der Waals surface area contributed by atoms with Gasteiger partial charge in [0.25, 0.3) is 5.91 Å². The summed E-state index contributed by atoms with van der Waals surface area (Å²) in [4.78, 5) is 11.8. The van der Waals surface area contributed by atoms with Gasteiger partial charge in [0.2, 0.25) is 0 Å². The molecule has 1 aliphatic heterocycles. The number of rotatable bonds is 4. The van der Waals surface area contributed by atoms with Crippen molar-refractivity contribution in [2.45, 2.75) is 19.8 Å². The average Bonchev–Trinajstić information content (AvgIpc) is 2.77. The van der Waals surface area contributed by atoms with Crippen LogP contribution in [0.3, 0.4) is 0 Å². The summed E-state index contributed by atoms with van der Waals surface area (Å²) >= 11 is 1.58. The molecule has 0 aromatic carbocycles. The van der Waals surface area contributed by atoms with E-state index >= 15 is 0 Å². The topological polar surface area (TPSA) is 41.1 Å². The number of amides is 1. The average molecular weight is 250 g/mol. The lowest BCUT2D eigenvalue weighted by molar-refractivity contribution is 0.0954. The van der Waals surface area contributed by atoms with Gasteiger partial charge >= 0.3 is 0 Å². The predicted octanol–water partition coefficient (Wildman–Crippen LogP) is 2.10. The van der Waals surface area contributed by atoms with E-state index in [0.717, 1.165) is 43.6 Å². The maximum Gasteiger partial charge on any atom is 0.252 e. The Kier molecular flexibility index (Phi) is 4.34. The molecule has 0 bridgehead atoms. The smallest absolute Gasteiger partial charge is 0.252 e. The fraction of sp³-hybridized carbons (Fsp3) is 0.462. The molecule has 92 valence electrons. The summed E-state index contributed by atoms with van der Waals surface area (Å²) in [7, 11) is 0. The van der Waals surface area contributed by atoms with Gasteiger partial charge in [0, 0.05) is 18.5 Å². The van der Waals surface area contributed by atoms with Gasteiger partial charge in [-0.25, -0.2) is 0 Å². The normalized spacial score (nSPS) is 15.5. The molecule has 2 heterocycles. The third kappa shape index (κ3) is 3.41. The number of nitrogens with one attached hydrogen (secondary N) is 2. The molecular weight excluding hydrogens is 232 g/mol. The molecule has 2 rings (SSSR count). The molecule has 2 N–H and O–H groups in total. The van der Waals surface area contributed by atoms with Gasteiger partial charge in [-0.15, -0.1) is 0 Å². The van der Waals surface area contributed by atoms with Crippen molar-refractivity contribution in [3.63, 3.8) is 0 Å². The minimum absolute atomic E-state index is 0.0540. The van der Waals surface area contributed by atoms with Crippen molar-refractivity contribution in [2.24, 2.45) is 0 Å². The molecule has 4 heteroatoms. The van der Waals surface area contributed by atoms with Crippen LogP contribution in [0.15, 0.2) is 22.4 Å². The standard InChI is InChI=1S/C13H18N2OS/c1-10-8-17-9-12(10)13(16)15-7-4-11-2-5-14-6-3-11/h2,8-9,14H,3-7H2,1H3,(H,15,16). The van der Waals surface area contributed by atoms with Gasteiger partial charge in [-0.05, 0) is 37.3 Å². The van der Waals surface area contributed by atoms with Crippen molar-refractivity contribution in [2.75, 3.05) is 19.6 Å². The molecule has 0 aliphatic carbocycles. The molecule has 17 heavy (non-hydrogen) atoms. The van der Waals surface area contributed by atoms with Crippen LogP contribution in [0.2, 0.25) is 0 Å². The number of carbonyl (C=O) groups is 1. The third-order valence-electron chi connectivity index (χ3n) is 2.99. The molecule has 0 unspecified atom stereocenters. The zero-order valence-corrected chi connectivity index (χ0v) is 10.9. The predicted molar refractivity (Wildman–Crippen MR) is 71.6 cm³/mol. The molecule has 0 spiro atoms. The summed E-state index contributed by atoms with van der Waals surface area (Å²) in [6.07, 6.45) is 4.30. The molecule has 0 fully saturated rings. The summed E-state index contributed by atoms with van der Waals surface area (Å²) in [5.41, 5.74) is 3.33. The maximum atomic E-state index is 11.8. The summed E-state index contributed by atoms with van der Waals surface area (Å²) in [5, 5.41) is 10.2. The SMILES string of the molecule is Cc1cscc1C(=O)NCCC1=CCNCC1. The van der Waals surface area contributed by atoms with E-state index < -0.39 is 0 Å². The second-order valence-electron chi connectivity index (χ2n) is 4.29. The first kappa shape index (κ1) is 12.3. The fourth-order valence-corrected chi connectivity index (χ4v) is 2.75. The van der Waals surface area contributed by atoms with Crippen molar-refractivity contribution < 1.29 is 4.79 Å². The van der Waals surface area contributed by atoms with Crippen LogP contribution in [0.4, 0.5) is 0 Å². The Hall–Kier alpha value is -1.13. The Morgan fingerprint density at radius 2 is 2.41 bits per heavy atom. The second-order valence-corrected chi connectivity index (χ2v) is 5.03. The minimum Gasteiger partial charge on any atom is -0.352 e. The van der Waals surface area contributed by atoms with Crippen LogP contribution < -0.4 is 10.6 Å². The maximum absolute atomic E-state index is 11.8. The van der Waals surface area contributed by atoms with Crippen LogP contribution in [0.5, 0.6) is 0 Å². The van der Waals surface area contributed by atoms with Crippen LogP contribution in [0, 0.1) is 6.92 Å². The molecule has 0 atom stereocenters. The van der Waals surface area contributed by atoms with E-state index in [4.69, 9.17) is 0 Å². The molecule has 1 aromatic rings. The summed E-state index contributed by atoms with van der Waals surface area (Å²) in [6.45, 7) is 4.73. The first-order valence-electron chi connectivity index (χ1n) is 5.97. The molecule has 0 saturated heterocycles. The number of aryl methyl sites for hydroxylation is 1. The molecule has 1 aromatic heterocycles. The van der Waals surface area contributed by atoms with E-state index in [2.05, 4.69) is 16.7 Å². The van der Waals surface area contributed by atoms with Gasteiger partial charge in [0.05, 0.1) is 5.56 Å². The lowest BCUT2D eigenvalue weighted by atomic mass is 10.1. The monoisotopic (exact) mass is 250 g/mol. The van der Waals surface area contributed by atoms with Gasteiger partial charge < -0.3 is 10.6 Å². The Morgan fingerprint density at radius 3 is 3.06 bits per heavy atom. The highest BCUT2D eigenvalue weighted by molar-refractivity contribution is 7.08. The van der Waals surface area contributed by atoms with Crippen molar-refractivity contribution in [1.29, 1.82) is 0 Å². The van der Waals surface area contributed by atoms with E-state index in [1.165, 1.54) is 5.57 Å². The molecule has 3 nitrogen and oxygen atoms in total. The molecule has 0 saturated carbocycles. The van der Waals surface area contributed by atoms with Gasteiger partial charge in [-0.1, -0.05) is 11.6 Å². The fourth-order valence-electron chi connectivity index (χ4n) is 1.92. The Balaban J connectivity index is 1.77. The van der Waals surface area contributed by atoms with Crippen LogP contribution in [-0.2, 0) is 0 Å². The first-order valence-corrected chi connectivity index (χ1v) is 6.91. The van der Waals surface area contributed by atoms with E-state index in [0.29, 0.717) is 0 Å². The largest absolute Gasteiger partial charge is 0.352 e. The molecule has 1 aliphatic rings. The second kappa shape index (κ2) is 5.98. The van der Waals surface area contributed by atoms with Gasteiger partial charge in [-0.3, -0.25) is 4.79 Å². The van der Waals surface area contributed by atoms with Crippen LogP contribution in [-0.4, -0.2) is 25.5 Å². The highest BCUT2D eigenvalue weighted by atomic mass is 32.1. The van der Waals surface area contributed by atoms with E-state index in [9.17, 15) is 4.79 Å². The van der Waals surface area contributed by atoms with E-state index in [1.54, 1.807) is 11.3 Å². The van der Waals surface area contributed by atoms with E-state index in [-0.39, 0.29) is 5.91 Å². The van der Waals surface area contributed by atoms with Crippen molar-refractivity contribution in [3.05, 3.63) is 33.5 Å². The minimum atomic E-state index is 0.0540. The van der Waals surface area contributed by atoms with E-state index in [1.807, 2.05) is 17.7 Å². The highest BCUT2D eigenvalue weighted by Crippen LogP contribution is 2.13. The van der Waals surface area contributed by atoms with Crippen LogP contribution in [0.25, 0.3) is 0 Å². The number of carbonyl (C=O) groups excluding carboxylic acids is 1. The van der Waals surface area contributed by atoms with Crippen LogP contribution >= 0.6 is 11.3 Å². The first-order chi connectivity index (χ1) is 8.27. The van der Waals surface area contributed by atoms with Crippen molar-refractivity contribution in [1.82, 2.24) is 10.6 Å². The van der Waals surface area contributed by atoms with Crippen molar-refractivity contribution in [3.8, 4) is 0 Å². The van der Waals surface area contributed by atoms with Gasteiger partial charge in [0.1, 0.15) is 0 Å². The van der Waals surface area contributed by atoms with Gasteiger partial charge in [-0.2, -0.15) is 11.3 Å². The zero-order chi connectivity index (χ0) is 12.1. The zero-order valence-electron chi connectivity index (χ0n) is 10.1. The Labute approximate surface area is 106 Å². The third-order valence-corrected chi connectivity index (χ3v) is 3.85. The Morgan fingerprint density at radius 1 is 1.53 bits per heavy atom. The number of thiophene rings is 1.